The monoisotopic (exact) mass is 502 g/mol. The summed E-state index contributed by atoms with van der Waals surface area (Å²) >= 11 is 6.27. The standard InChI is InChI=1S/C27H29ClF2N2O3/c1-17(2)21-14-22(28)18(3)13-25(21)34-16-20-7-8-24(35-20)27(33)32-11-9-31(10-12-32)15-19-5-4-6-23(29)26(19)30/h4-8,13-14,17H,9-12,15-16H2,1-3H3. The van der Waals surface area contributed by atoms with Gasteiger partial charge >= 0.3 is 0 Å². The Hall–Kier alpha value is -2.90. The lowest BCUT2D eigenvalue weighted by Crippen LogP contribution is -2.48. The first-order valence-electron chi connectivity index (χ1n) is 11.7. The van der Waals surface area contributed by atoms with Gasteiger partial charge in [0, 0.05) is 43.3 Å². The smallest absolute Gasteiger partial charge is 0.289 e. The number of ether oxygens (including phenoxy) is 1. The molecule has 1 aromatic heterocycles. The summed E-state index contributed by atoms with van der Waals surface area (Å²) < 4.78 is 39.2. The summed E-state index contributed by atoms with van der Waals surface area (Å²) in [4.78, 5) is 16.6. The molecule has 0 radical (unpaired) electrons. The molecule has 8 heteroatoms. The Balaban J connectivity index is 1.33. The molecule has 1 fully saturated rings. The molecule has 0 atom stereocenters. The van der Waals surface area contributed by atoms with Crippen molar-refractivity contribution in [3.63, 3.8) is 0 Å². The van der Waals surface area contributed by atoms with Crippen molar-refractivity contribution < 1.29 is 22.7 Å². The number of hydrogen-bond donors (Lipinski definition) is 0. The Kier molecular flexibility index (Phi) is 7.77. The Bertz CT molecular complexity index is 1200. The summed E-state index contributed by atoms with van der Waals surface area (Å²) in [5, 5.41) is 0.702. The van der Waals surface area contributed by atoms with Gasteiger partial charge in [-0.25, -0.2) is 8.78 Å². The number of carbonyl (C=O) groups excluding carboxylic acids is 1. The predicted octanol–water partition coefficient (Wildman–Crippen LogP) is 6.18. The van der Waals surface area contributed by atoms with Gasteiger partial charge in [-0.3, -0.25) is 9.69 Å². The second-order valence-corrected chi connectivity index (χ2v) is 9.54. The van der Waals surface area contributed by atoms with E-state index >= 15 is 0 Å². The number of hydrogen-bond acceptors (Lipinski definition) is 4. The second kappa shape index (κ2) is 10.8. The average Bonchev–Trinajstić information content (AvgIpc) is 3.31. The summed E-state index contributed by atoms with van der Waals surface area (Å²) in [6, 6.07) is 11.4. The molecule has 186 valence electrons. The third-order valence-electron chi connectivity index (χ3n) is 6.24. The molecule has 1 aliphatic rings. The molecule has 2 aromatic carbocycles. The highest BCUT2D eigenvalue weighted by Gasteiger charge is 2.25. The Morgan fingerprint density at radius 3 is 2.57 bits per heavy atom. The molecule has 2 heterocycles. The fraction of sp³-hybridized carbons (Fsp3) is 0.370. The van der Waals surface area contributed by atoms with E-state index in [1.54, 1.807) is 23.1 Å². The van der Waals surface area contributed by atoms with Crippen LogP contribution < -0.4 is 4.74 Å². The number of aryl methyl sites for hydroxylation is 1. The van der Waals surface area contributed by atoms with Gasteiger partial charge in [0.05, 0.1) is 0 Å². The number of benzene rings is 2. The van der Waals surface area contributed by atoms with Crippen LogP contribution in [-0.4, -0.2) is 41.9 Å². The lowest BCUT2D eigenvalue weighted by Gasteiger charge is -2.34. The van der Waals surface area contributed by atoms with Crippen LogP contribution in [0.2, 0.25) is 5.02 Å². The molecule has 5 nitrogen and oxygen atoms in total. The highest BCUT2D eigenvalue weighted by molar-refractivity contribution is 6.31. The normalized spacial score (nSPS) is 14.5. The maximum absolute atomic E-state index is 14.0. The van der Waals surface area contributed by atoms with Crippen LogP contribution in [0.1, 0.15) is 52.8 Å². The maximum Gasteiger partial charge on any atom is 0.289 e. The number of rotatable bonds is 7. The molecule has 0 unspecified atom stereocenters. The topological polar surface area (TPSA) is 45.9 Å². The van der Waals surface area contributed by atoms with Crippen molar-refractivity contribution in [3.8, 4) is 5.75 Å². The average molecular weight is 503 g/mol. The third kappa shape index (κ3) is 5.85. The Morgan fingerprint density at radius 2 is 1.86 bits per heavy atom. The molecule has 1 saturated heterocycles. The molecule has 35 heavy (non-hydrogen) atoms. The van der Waals surface area contributed by atoms with E-state index in [1.165, 1.54) is 6.07 Å². The first kappa shape index (κ1) is 25.2. The summed E-state index contributed by atoms with van der Waals surface area (Å²) in [5.74, 6) is -0.0605. The summed E-state index contributed by atoms with van der Waals surface area (Å²) in [5.41, 5.74) is 2.26. The van der Waals surface area contributed by atoms with E-state index in [0.29, 0.717) is 49.1 Å². The molecule has 0 bridgehead atoms. The molecule has 0 spiro atoms. The first-order chi connectivity index (χ1) is 16.7. The van der Waals surface area contributed by atoms with Crippen molar-refractivity contribution in [3.05, 3.63) is 87.3 Å². The van der Waals surface area contributed by atoms with Crippen molar-refractivity contribution in [2.24, 2.45) is 0 Å². The zero-order valence-corrected chi connectivity index (χ0v) is 20.9. The highest BCUT2D eigenvalue weighted by Crippen LogP contribution is 2.32. The van der Waals surface area contributed by atoms with Gasteiger partial charge in [0.15, 0.2) is 17.4 Å². The fourth-order valence-corrected chi connectivity index (χ4v) is 4.31. The van der Waals surface area contributed by atoms with Crippen LogP contribution in [0.3, 0.4) is 0 Å². The van der Waals surface area contributed by atoms with E-state index in [0.717, 1.165) is 22.9 Å². The van der Waals surface area contributed by atoms with Gasteiger partial charge in [-0.05, 0) is 54.3 Å². The van der Waals surface area contributed by atoms with E-state index in [9.17, 15) is 13.6 Å². The van der Waals surface area contributed by atoms with Gasteiger partial charge in [-0.1, -0.05) is 37.6 Å². The SMILES string of the molecule is Cc1cc(OCc2ccc(C(=O)N3CCN(Cc4cccc(F)c4F)CC3)o2)c(C(C)C)cc1Cl. The van der Waals surface area contributed by atoms with Crippen LogP contribution >= 0.6 is 11.6 Å². The number of amides is 1. The molecule has 0 N–H and O–H groups in total. The number of furan rings is 1. The van der Waals surface area contributed by atoms with Gasteiger partial charge in [-0.2, -0.15) is 0 Å². The summed E-state index contributed by atoms with van der Waals surface area (Å²) in [7, 11) is 0. The van der Waals surface area contributed by atoms with Gasteiger partial charge in [0.2, 0.25) is 0 Å². The minimum Gasteiger partial charge on any atom is -0.485 e. The van der Waals surface area contributed by atoms with E-state index in [2.05, 4.69) is 13.8 Å². The summed E-state index contributed by atoms with van der Waals surface area (Å²) in [6.45, 7) is 8.65. The van der Waals surface area contributed by atoms with Crippen molar-refractivity contribution in [1.29, 1.82) is 0 Å². The van der Waals surface area contributed by atoms with E-state index in [4.69, 9.17) is 20.8 Å². The van der Waals surface area contributed by atoms with Crippen LogP contribution in [-0.2, 0) is 13.2 Å². The largest absolute Gasteiger partial charge is 0.485 e. The second-order valence-electron chi connectivity index (χ2n) is 9.13. The molecular weight excluding hydrogens is 474 g/mol. The Labute approximate surface area is 209 Å². The predicted molar refractivity (Wildman–Crippen MR) is 131 cm³/mol. The van der Waals surface area contributed by atoms with E-state index < -0.39 is 11.6 Å². The molecule has 0 saturated carbocycles. The van der Waals surface area contributed by atoms with Crippen molar-refractivity contribution in [2.45, 2.75) is 39.8 Å². The Morgan fingerprint density at radius 1 is 1.11 bits per heavy atom. The number of nitrogens with zero attached hydrogens (tertiary/aromatic N) is 2. The molecule has 1 amide bonds. The summed E-state index contributed by atoms with van der Waals surface area (Å²) in [6.07, 6.45) is 0. The molecule has 1 aliphatic heterocycles. The van der Waals surface area contributed by atoms with Gasteiger partial charge in [0.25, 0.3) is 5.91 Å². The highest BCUT2D eigenvalue weighted by atomic mass is 35.5. The zero-order valence-electron chi connectivity index (χ0n) is 20.1. The molecule has 3 aromatic rings. The van der Waals surface area contributed by atoms with E-state index in [-0.39, 0.29) is 24.2 Å². The lowest BCUT2D eigenvalue weighted by molar-refractivity contribution is 0.0592. The van der Waals surface area contributed by atoms with Crippen LogP contribution in [0.15, 0.2) is 46.9 Å². The van der Waals surface area contributed by atoms with Gasteiger partial charge in [0.1, 0.15) is 18.1 Å². The third-order valence-corrected chi connectivity index (χ3v) is 6.65. The first-order valence-corrected chi connectivity index (χ1v) is 12.1. The van der Waals surface area contributed by atoms with Crippen LogP contribution in [0.25, 0.3) is 0 Å². The molecule has 0 aliphatic carbocycles. The molecule has 4 rings (SSSR count). The fourth-order valence-electron chi connectivity index (χ4n) is 4.14. The zero-order chi connectivity index (χ0) is 25.1. The van der Waals surface area contributed by atoms with Crippen LogP contribution in [0, 0.1) is 18.6 Å². The van der Waals surface area contributed by atoms with Crippen molar-refractivity contribution in [1.82, 2.24) is 9.80 Å². The minimum atomic E-state index is -0.847. The van der Waals surface area contributed by atoms with Crippen molar-refractivity contribution in [2.75, 3.05) is 26.2 Å². The quantitative estimate of drug-likeness (QED) is 0.387. The lowest BCUT2D eigenvalue weighted by atomic mass is 10.0. The minimum absolute atomic E-state index is 0.195. The molecular formula is C27H29ClF2N2O3. The van der Waals surface area contributed by atoms with Crippen LogP contribution in [0.5, 0.6) is 5.75 Å². The van der Waals surface area contributed by atoms with E-state index in [1.807, 2.05) is 24.0 Å². The van der Waals surface area contributed by atoms with Gasteiger partial charge in [-0.15, -0.1) is 0 Å². The number of halogens is 3. The van der Waals surface area contributed by atoms with Gasteiger partial charge < -0.3 is 14.1 Å². The van der Waals surface area contributed by atoms with Crippen molar-refractivity contribution >= 4 is 17.5 Å². The number of carbonyl (C=O) groups is 1. The number of piperazine rings is 1. The maximum atomic E-state index is 14.0. The van der Waals surface area contributed by atoms with Crippen LogP contribution in [0.4, 0.5) is 8.78 Å².